The molecule has 20 heavy (non-hydrogen) atoms. The van der Waals surface area contributed by atoms with Crippen LogP contribution in [0, 0.1) is 5.82 Å². The van der Waals surface area contributed by atoms with Gasteiger partial charge in [-0.1, -0.05) is 28.1 Å². The Morgan fingerprint density at radius 1 is 1.20 bits per heavy atom. The molecule has 2 nitrogen and oxygen atoms in total. The maximum absolute atomic E-state index is 13.1. The van der Waals surface area contributed by atoms with Gasteiger partial charge in [0, 0.05) is 17.3 Å². The van der Waals surface area contributed by atoms with Crippen molar-refractivity contribution in [3.63, 3.8) is 0 Å². The molecule has 4 heteroatoms. The van der Waals surface area contributed by atoms with Crippen LogP contribution in [0.15, 0.2) is 46.9 Å². The Morgan fingerprint density at radius 3 is 2.70 bits per heavy atom. The summed E-state index contributed by atoms with van der Waals surface area (Å²) in [6, 6.07) is 11.6. The molecule has 0 spiro atoms. The molecule has 2 rings (SSSR count). The van der Waals surface area contributed by atoms with Crippen LogP contribution < -0.4 is 4.74 Å². The number of carbonyl (C=O) groups excluding carboxylic acids is 1. The number of benzene rings is 2. The fourth-order valence-corrected chi connectivity index (χ4v) is 2.35. The standard InChI is InChI=1S/C16H14BrFO2/c1-20-15-5-6-16(17)12(10-15)9-14(19)8-11-3-2-4-13(18)7-11/h2-7,10H,8-9H2,1H3. The minimum absolute atomic E-state index is 0.0320. The monoisotopic (exact) mass is 336 g/mol. The molecule has 0 atom stereocenters. The molecule has 0 N–H and O–H groups in total. The predicted octanol–water partition coefficient (Wildman–Crippen LogP) is 3.95. The van der Waals surface area contributed by atoms with Crippen LogP contribution in [-0.2, 0) is 17.6 Å². The molecule has 0 aromatic heterocycles. The summed E-state index contributed by atoms with van der Waals surface area (Å²) in [5.74, 6) is 0.421. The number of halogens is 2. The molecule has 0 radical (unpaired) electrons. The van der Waals surface area contributed by atoms with Crippen molar-refractivity contribution in [2.24, 2.45) is 0 Å². The number of hydrogen-bond donors (Lipinski definition) is 0. The average Bonchev–Trinajstić information content (AvgIpc) is 2.41. The topological polar surface area (TPSA) is 26.3 Å². The average molecular weight is 337 g/mol. The quantitative estimate of drug-likeness (QED) is 0.826. The summed E-state index contributed by atoms with van der Waals surface area (Å²) < 4.78 is 19.1. The Labute approximate surface area is 125 Å². The highest BCUT2D eigenvalue weighted by Crippen LogP contribution is 2.23. The summed E-state index contributed by atoms with van der Waals surface area (Å²) in [4.78, 5) is 12.1. The maximum atomic E-state index is 13.1. The molecule has 0 unspecified atom stereocenters. The molecule has 0 heterocycles. The van der Waals surface area contributed by atoms with Gasteiger partial charge in [0.05, 0.1) is 7.11 Å². The van der Waals surface area contributed by atoms with Crippen molar-refractivity contribution in [1.29, 1.82) is 0 Å². The van der Waals surface area contributed by atoms with E-state index in [2.05, 4.69) is 15.9 Å². The Kier molecular flexibility index (Phi) is 4.90. The number of carbonyl (C=O) groups is 1. The third-order valence-corrected chi connectivity index (χ3v) is 3.70. The van der Waals surface area contributed by atoms with E-state index in [9.17, 15) is 9.18 Å². The number of ketones is 1. The van der Waals surface area contributed by atoms with Gasteiger partial charge < -0.3 is 4.74 Å². The molecule has 0 fully saturated rings. The van der Waals surface area contributed by atoms with E-state index in [0.29, 0.717) is 11.3 Å². The second-order valence-electron chi connectivity index (χ2n) is 4.48. The first-order chi connectivity index (χ1) is 9.58. The highest BCUT2D eigenvalue weighted by atomic mass is 79.9. The summed E-state index contributed by atoms with van der Waals surface area (Å²) in [7, 11) is 1.58. The summed E-state index contributed by atoms with van der Waals surface area (Å²) in [6.45, 7) is 0. The van der Waals surface area contributed by atoms with Gasteiger partial charge in [0.15, 0.2) is 0 Å². The lowest BCUT2D eigenvalue weighted by Gasteiger charge is -2.07. The van der Waals surface area contributed by atoms with Gasteiger partial charge in [0.2, 0.25) is 0 Å². The number of methoxy groups -OCH3 is 1. The first kappa shape index (κ1) is 14.7. The fraction of sp³-hybridized carbons (Fsp3) is 0.188. The lowest BCUT2D eigenvalue weighted by Crippen LogP contribution is -2.07. The van der Waals surface area contributed by atoms with Gasteiger partial charge in [-0.3, -0.25) is 4.79 Å². The predicted molar refractivity (Wildman–Crippen MR) is 79.5 cm³/mol. The van der Waals surface area contributed by atoms with Crippen molar-refractivity contribution in [2.45, 2.75) is 12.8 Å². The second kappa shape index (κ2) is 6.66. The third-order valence-electron chi connectivity index (χ3n) is 2.93. The van der Waals surface area contributed by atoms with Crippen molar-refractivity contribution in [1.82, 2.24) is 0 Å². The highest BCUT2D eigenvalue weighted by molar-refractivity contribution is 9.10. The summed E-state index contributed by atoms with van der Waals surface area (Å²) in [5, 5.41) is 0. The van der Waals surface area contributed by atoms with Crippen LogP contribution in [0.5, 0.6) is 5.75 Å². The molecule has 0 amide bonds. The minimum Gasteiger partial charge on any atom is -0.497 e. The first-order valence-corrected chi connectivity index (χ1v) is 6.96. The van der Waals surface area contributed by atoms with Crippen LogP contribution in [0.4, 0.5) is 4.39 Å². The van der Waals surface area contributed by atoms with Gasteiger partial charge in [-0.2, -0.15) is 0 Å². The van der Waals surface area contributed by atoms with E-state index in [1.165, 1.54) is 12.1 Å². The zero-order valence-corrected chi connectivity index (χ0v) is 12.6. The van der Waals surface area contributed by atoms with Gasteiger partial charge in [-0.25, -0.2) is 4.39 Å². The van der Waals surface area contributed by atoms with Crippen molar-refractivity contribution in [3.05, 3.63) is 63.9 Å². The second-order valence-corrected chi connectivity index (χ2v) is 5.33. The van der Waals surface area contributed by atoms with Crippen LogP contribution in [0.1, 0.15) is 11.1 Å². The van der Waals surface area contributed by atoms with Crippen LogP contribution in [0.3, 0.4) is 0 Å². The van der Waals surface area contributed by atoms with Gasteiger partial charge in [0.1, 0.15) is 17.3 Å². The van der Waals surface area contributed by atoms with Crippen molar-refractivity contribution in [2.75, 3.05) is 7.11 Å². The van der Waals surface area contributed by atoms with Crippen molar-refractivity contribution in [3.8, 4) is 5.75 Å². The molecule has 0 saturated carbocycles. The SMILES string of the molecule is COc1ccc(Br)c(CC(=O)Cc2cccc(F)c2)c1. The van der Waals surface area contributed by atoms with Gasteiger partial charge in [0.25, 0.3) is 0 Å². The maximum Gasteiger partial charge on any atom is 0.141 e. The molecule has 0 saturated heterocycles. The van der Waals surface area contributed by atoms with Gasteiger partial charge in [-0.05, 0) is 41.5 Å². The van der Waals surface area contributed by atoms with E-state index < -0.39 is 0 Å². The molecule has 2 aromatic rings. The zero-order valence-electron chi connectivity index (χ0n) is 11.0. The summed E-state index contributed by atoms with van der Waals surface area (Å²) in [5.41, 5.74) is 1.56. The van der Waals surface area contributed by atoms with E-state index in [-0.39, 0.29) is 24.4 Å². The zero-order chi connectivity index (χ0) is 14.5. The van der Waals surface area contributed by atoms with E-state index in [1.807, 2.05) is 18.2 Å². The number of rotatable bonds is 5. The normalized spacial score (nSPS) is 10.3. The molecule has 0 aliphatic rings. The summed E-state index contributed by atoms with van der Waals surface area (Å²) in [6.07, 6.45) is 0.510. The lowest BCUT2D eigenvalue weighted by molar-refractivity contribution is -0.117. The first-order valence-electron chi connectivity index (χ1n) is 6.17. The fourth-order valence-electron chi connectivity index (χ4n) is 1.96. The van der Waals surface area contributed by atoms with Crippen molar-refractivity contribution >= 4 is 21.7 Å². The molecular formula is C16H14BrFO2. The molecule has 0 aliphatic heterocycles. The minimum atomic E-state index is -0.321. The van der Waals surface area contributed by atoms with Crippen LogP contribution in [0.2, 0.25) is 0 Å². The summed E-state index contributed by atoms with van der Waals surface area (Å²) >= 11 is 3.42. The van der Waals surface area contributed by atoms with E-state index in [4.69, 9.17) is 4.74 Å². The van der Waals surface area contributed by atoms with Crippen LogP contribution in [0.25, 0.3) is 0 Å². The Bertz CT molecular complexity index is 626. The van der Waals surface area contributed by atoms with Crippen LogP contribution in [-0.4, -0.2) is 12.9 Å². The lowest BCUT2D eigenvalue weighted by atomic mass is 10.0. The molecule has 0 bridgehead atoms. The van der Waals surface area contributed by atoms with Gasteiger partial charge >= 0.3 is 0 Å². The number of ether oxygens (including phenoxy) is 1. The smallest absolute Gasteiger partial charge is 0.141 e. The Balaban J connectivity index is 2.08. The molecule has 0 aliphatic carbocycles. The number of Topliss-reactive ketones (excluding diaryl/α,β-unsaturated/α-hetero) is 1. The molecule has 104 valence electrons. The Hall–Kier alpha value is -1.68. The van der Waals surface area contributed by atoms with E-state index >= 15 is 0 Å². The van der Waals surface area contributed by atoms with Crippen molar-refractivity contribution < 1.29 is 13.9 Å². The Morgan fingerprint density at radius 2 is 2.00 bits per heavy atom. The number of hydrogen-bond acceptors (Lipinski definition) is 2. The largest absolute Gasteiger partial charge is 0.497 e. The van der Waals surface area contributed by atoms with E-state index in [0.717, 1.165) is 10.0 Å². The van der Waals surface area contributed by atoms with Gasteiger partial charge in [-0.15, -0.1) is 0 Å². The molecular weight excluding hydrogens is 323 g/mol. The third kappa shape index (κ3) is 3.90. The highest BCUT2D eigenvalue weighted by Gasteiger charge is 2.09. The molecule has 2 aromatic carbocycles. The van der Waals surface area contributed by atoms with E-state index in [1.54, 1.807) is 19.2 Å². The van der Waals surface area contributed by atoms with Crippen LogP contribution >= 0.6 is 15.9 Å².